The van der Waals surface area contributed by atoms with Gasteiger partial charge in [0.1, 0.15) is 5.82 Å². The van der Waals surface area contributed by atoms with Gasteiger partial charge in [0.05, 0.1) is 18.3 Å². The standard InChI is InChI=1S/C12H17FN2O2/c1-3-15(7-12(14)17)11-5-4-9(8(2)16)6-10(11)13/h4-6,8,16H,3,7H2,1-2H3,(H2,14,17). The molecule has 1 aromatic carbocycles. The summed E-state index contributed by atoms with van der Waals surface area (Å²) >= 11 is 0. The van der Waals surface area contributed by atoms with Crippen LogP contribution in [-0.4, -0.2) is 24.1 Å². The van der Waals surface area contributed by atoms with Crippen molar-refractivity contribution >= 4 is 11.6 Å². The molecule has 0 bridgehead atoms. The second-order valence-electron chi connectivity index (χ2n) is 3.87. The van der Waals surface area contributed by atoms with Crippen LogP contribution >= 0.6 is 0 Å². The molecule has 0 aliphatic carbocycles. The van der Waals surface area contributed by atoms with Crippen molar-refractivity contribution in [2.75, 3.05) is 18.0 Å². The van der Waals surface area contributed by atoms with Crippen molar-refractivity contribution in [2.45, 2.75) is 20.0 Å². The van der Waals surface area contributed by atoms with Crippen LogP contribution < -0.4 is 10.6 Å². The minimum Gasteiger partial charge on any atom is -0.389 e. The Morgan fingerprint density at radius 1 is 1.59 bits per heavy atom. The molecule has 3 N–H and O–H groups in total. The largest absolute Gasteiger partial charge is 0.389 e. The number of aliphatic hydroxyl groups excluding tert-OH is 1. The van der Waals surface area contributed by atoms with Gasteiger partial charge in [-0.05, 0) is 31.5 Å². The average molecular weight is 240 g/mol. The molecule has 1 amide bonds. The number of nitrogens with two attached hydrogens (primary N) is 1. The Kier molecular flexibility index (Phi) is 4.45. The van der Waals surface area contributed by atoms with Crippen molar-refractivity contribution in [3.63, 3.8) is 0 Å². The lowest BCUT2D eigenvalue weighted by atomic mass is 10.1. The highest BCUT2D eigenvalue weighted by molar-refractivity contribution is 5.79. The summed E-state index contributed by atoms with van der Waals surface area (Å²) < 4.78 is 13.8. The van der Waals surface area contributed by atoms with Gasteiger partial charge in [-0.25, -0.2) is 4.39 Å². The lowest BCUT2D eigenvalue weighted by molar-refractivity contribution is -0.116. The smallest absolute Gasteiger partial charge is 0.236 e. The summed E-state index contributed by atoms with van der Waals surface area (Å²) in [6.07, 6.45) is -0.718. The third-order valence-electron chi connectivity index (χ3n) is 2.52. The molecular weight excluding hydrogens is 223 g/mol. The van der Waals surface area contributed by atoms with E-state index >= 15 is 0 Å². The molecule has 0 aliphatic rings. The van der Waals surface area contributed by atoms with Crippen LogP contribution in [-0.2, 0) is 4.79 Å². The molecule has 1 rings (SSSR count). The monoisotopic (exact) mass is 240 g/mol. The lowest BCUT2D eigenvalue weighted by Gasteiger charge is -2.22. The van der Waals surface area contributed by atoms with Crippen molar-refractivity contribution in [3.8, 4) is 0 Å². The van der Waals surface area contributed by atoms with Crippen molar-refractivity contribution in [1.29, 1.82) is 0 Å². The second-order valence-corrected chi connectivity index (χ2v) is 3.87. The highest BCUT2D eigenvalue weighted by Gasteiger charge is 2.13. The fraction of sp³-hybridized carbons (Fsp3) is 0.417. The van der Waals surface area contributed by atoms with Gasteiger partial charge >= 0.3 is 0 Å². The fourth-order valence-corrected chi connectivity index (χ4v) is 1.59. The third kappa shape index (κ3) is 3.42. The molecule has 0 saturated carbocycles. The van der Waals surface area contributed by atoms with E-state index in [9.17, 15) is 14.3 Å². The van der Waals surface area contributed by atoms with Gasteiger partial charge in [-0.15, -0.1) is 0 Å². The van der Waals surface area contributed by atoms with Crippen LogP contribution in [0.25, 0.3) is 0 Å². The summed E-state index contributed by atoms with van der Waals surface area (Å²) in [7, 11) is 0. The molecule has 1 atom stereocenters. The normalized spacial score (nSPS) is 12.2. The van der Waals surface area contributed by atoms with E-state index in [-0.39, 0.29) is 6.54 Å². The predicted octanol–water partition coefficient (Wildman–Crippen LogP) is 1.19. The topological polar surface area (TPSA) is 66.6 Å². The van der Waals surface area contributed by atoms with E-state index < -0.39 is 17.8 Å². The van der Waals surface area contributed by atoms with Crippen LogP contribution in [0.3, 0.4) is 0 Å². The molecule has 0 radical (unpaired) electrons. The number of primary amides is 1. The molecule has 4 nitrogen and oxygen atoms in total. The molecule has 0 fully saturated rings. The first-order valence-corrected chi connectivity index (χ1v) is 5.46. The first-order valence-electron chi connectivity index (χ1n) is 5.46. The Morgan fingerprint density at radius 3 is 2.65 bits per heavy atom. The highest BCUT2D eigenvalue weighted by atomic mass is 19.1. The molecule has 0 aromatic heterocycles. The number of rotatable bonds is 5. The summed E-state index contributed by atoms with van der Waals surface area (Å²) in [6.45, 7) is 3.83. The highest BCUT2D eigenvalue weighted by Crippen LogP contribution is 2.23. The Labute approximate surface area is 99.8 Å². The third-order valence-corrected chi connectivity index (χ3v) is 2.52. The van der Waals surface area contributed by atoms with Crippen molar-refractivity contribution < 1.29 is 14.3 Å². The number of nitrogens with zero attached hydrogens (tertiary/aromatic N) is 1. The quantitative estimate of drug-likeness (QED) is 0.812. The molecule has 0 aliphatic heterocycles. The first kappa shape index (κ1) is 13.4. The fourth-order valence-electron chi connectivity index (χ4n) is 1.59. The van der Waals surface area contributed by atoms with E-state index in [4.69, 9.17) is 5.73 Å². The minimum absolute atomic E-state index is 0.0263. The van der Waals surface area contributed by atoms with E-state index in [2.05, 4.69) is 0 Å². The van der Waals surface area contributed by atoms with E-state index in [1.54, 1.807) is 24.0 Å². The number of benzene rings is 1. The van der Waals surface area contributed by atoms with Gasteiger partial charge < -0.3 is 15.7 Å². The maximum absolute atomic E-state index is 13.8. The van der Waals surface area contributed by atoms with Gasteiger partial charge in [-0.2, -0.15) is 0 Å². The summed E-state index contributed by atoms with van der Waals surface area (Å²) in [4.78, 5) is 12.4. The molecule has 17 heavy (non-hydrogen) atoms. The number of hydrogen-bond donors (Lipinski definition) is 2. The number of amides is 1. The number of halogens is 1. The number of hydrogen-bond acceptors (Lipinski definition) is 3. The van der Waals surface area contributed by atoms with Crippen molar-refractivity contribution in [1.82, 2.24) is 0 Å². The van der Waals surface area contributed by atoms with E-state index in [0.29, 0.717) is 17.8 Å². The second kappa shape index (κ2) is 5.63. The molecule has 0 spiro atoms. The number of likely N-dealkylation sites (N-methyl/N-ethyl adjacent to an activating group) is 1. The zero-order valence-corrected chi connectivity index (χ0v) is 9.98. The van der Waals surface area contributed by atoms with Gasteiger partial charge in [0.15, 0.2) is 0 Å². The lowest BCUT2D eigenvalue weighted by Crippen LogP contribution is -2.34. The average Bonchev–Trinajstić information content (AvgIpc) is 2.25. The Hall–Kier alpha value is -1.62. The van der Waals surface area contributed by atoms with Gasteiger partial charge in [-0.3, -0.25) is 4.79 Å². The van der Waals surface area contributed by atoms with Crippen LogP contribution in [0, 0.1) is 5.82 Å². The number of carbonyl (C=O) groups is 1. The Bertz CT molecular complexity index is 407. The van der Waals surface area contributed by atoms with E-state index in [1.165, 1.54) is 6.07 Å². The van der Waals surface area contributed by atoms with Crippen LogP contribution in [0.4, 0.5) is 10.1 Å². The molecule has 94 valence electrons. The van der Waals surface area contributed by atoms with E-state index in [0.717, 1.165) is 0 Å². The predicted molar refractivity (Wildman–Crippen MR) is 64.1 cm³/mol. The van der Waals surface area contributed by atoms with Crippen LogP contribution in [0.15, 0.2) is 18.2 Å². The van der Waals surface area contributed by atoms with Gasteiger partial charge in [0, 0.05) is 6.54 Å². The Morgan fingerprint density at radius 2 is 2.24 bits per heavy atom. The summed E-state index contributed by atoms with van der Waals surface area (Å²) in [5, 5.41) is 9.33. The molecule has 1 unspecified atom stereocenters. The molecule has 1 aromatic rings. The molecule has 0 saturated heterocycles. The summed E-state index contributed by atoms with van der Waals surface area (Å²) in [6, 6.07) is 4.44. The number of aliphatic hydroxyl groups is 1. The molecular formula is C12H17FN2O2. The minimum atomic E-state index is -0.718. The van der Waals surface area contributed by atoms with Gasteiger partial charge in [0.2, 0.25) is 5.91 Å². The van der Waals surface area contributed by atoms with Crippen LogP contribution in [0.5, 0.6) is 0 Å². The van der Waals surface area contributed by atoms with Crippen molar-refractivity contribution in [3.05, 3.63) is 29.6 Å². The van der Waals surface area contributed by atoms with Crippen LogP contribution in [0.2, 0.25) is 0 Å². The molecule has 0 heterocycles. The van der Waals surface area contributed by atoms with E-state index in [1.807, 2.05) is 6.92 Å². The molecule has 5 heteroatoms. The van der Waals surface area contributed by atoms with Crippen LogP contribution in [0.1, 0.15) is 25.5 Å². The zero-order valence-electron chi connectivity index (χ0n) is 9.98. The number of anilines is 1. The number of carbonyl (C=O) groups excluding carboxylic acids is 1. The maximum atomic E-state index is 13.8. The maximum Gasteiger partial charge on any atom is 0.236 e. The van der Waals surface area contributed by atoms with Gasteiger partial charge in [-0.1, -0.05) is 6.07 Å². The SMILES string of the molecule is CCN(CC(N)=O)c1ccc(C(C)O)cc1F. The van der Waals surface area contributed by atoms with Crippen molar-refractivity contribution in [2.24, 2.45) is 5.73 Å². The summed E-state index contributed by atoms with van der Waals surface area (Å²) in [5.41, 5.74) is 5.91. The summed E-state index contributed by atoms with van der Waals surface area (Å²) in [5.74, 6) is -0.975. The van der Waals surface area contributed by atoms with Gasteiger partial charge in [0.25, 0.3) is 0 Å². The Balaban J connectivity index is 3.00. The first-order chi connectivity index (χ1) is 7.95. The zero-order chi connectivity index (χ0) is 13.0.